The second kappa shape index (κ2) is 6.85. The van der Waals surface area contributed by atoms with Crippen LogP contribution in [0, 0.1) is 5.41 Å². The maximum Gasteiger partial charge on any atom is 0.328 e. The van der Waals surface area contributed by atoms with Crippen LogP contribution >= 0.6 is 0 Å². The zero-order valence-electron chi connectivity index (χ0n) is 14.5. The van der Waals surface area contributed by atoms with E-state index in [2.05, 4.69) is 11.9 Å². The molecule has 1 atom stereocenters. The van der Waals surface area contributed by atoms with E-state index in [1.54, 1.807) is 4.90 Å². The topological polar surface area (TPSA) is 95.5 Å². The molecule has 1 aromatic rings. The molecule has 2 aliphatic heterocycles. The normalized spacial score (nSPS) is 23.5. The molecule has 3 heterocycles. The highest BCUT2D eigenvalue weighted by atomic mass is 16.2. The molecule has 8 nitrogen and oxygen atoms in total. The lowest BCUT2D eigenvalue weighted by atomic mass is 9.78. The summed E-state index contributed by atoms with van der Waals surface area (Å²) in [6.07, 6.45) is 4.71. The summed E-state index contributed by atoms with van der Waals surface area (Å²) in [6, 6.07) is 1.22. The number of likely N-dealkylation sites (tertiary alicyclic amines) is 2. The van der Waals surface area contributed by atoms with Crippen molar-refractivity contribution in [1.29, 1.82) is 0 Å². The Balaban J connectivity index is 1.69. The molecule has 0 aromatic carbocycles. The summed E-state index contributed by atoms with van der Waals surface area (Å²) in [6.45, 7) is 4.45. The molecule has 0 bridgehead atoms. The van der Waals surface area contributed by atoms with Crippen molar-refractivity contribution in [1.82, 2.24) is 19.4 Å². The molecule has 2 aliphatic rings. The summed E-state index contributed by atoms with van der Waals surface area (Å²) in [5.41, 5.74) is -1.55. The summed E-state index contributed by atoms with van der Waals surface area (Å²) in [5.74, 6) is -0.0384. The van der Waals surface area contributed by atoms with E-state index < -0.39 is 16.7 Å². The van der Waals surface area contributed by atoms with E-state index in [9.17, 15) is 19.2 Å². The minimum Gasteiger partial charge on any atom is -0.342 e. The van der Waals surface area contributed by atoms with E-state index in [0.717, 1.165) is 32.4 Å². The maximum atomic E-state index is 12.9. The summed E-state index contributed by atoms with van der Waals surface area (Å²) in [4.78, 5) is 54.0. The minimum atomic E-state index is -0.599. The van der Waals surface area contributed by atoms with Crippen molar-refractivity contribution in [2.75, 3.05) is 26.2 Å². The van der Waals surface area contributed by atoms with Gasteiger partial charge in [0.25, 0.3) is 5.56 Å². The smallest absolute Gasteiger partial charge is 0.328 e. The van der Waals surface area contributed by atoms with E-state index in [1.807, 2.05) is 4.90 Å². The van der Waals surface area contributed by atoms with Crippen LogP contribution in [0.3, 0.4) is 0 Å². The van der Waals surface area contributed by atoms with E-state index in [1.165, 1.54) is 16.8 Å². The van der Waals surface area contributed by atoms with Crippen LogP contribution in [-0.2, 0) is 16.1 Å². The molecule has 0 radical (unpaired) electrons. The first-order chi connectivity index (χ1) is 11.9. The number of amides is 2. The number of H-pyrrole nitrogens is 1. The molecule has 25 heavy (non-hydrogen) atoms. The Morgan fingerprint density at radius 1 is 1.24 bits per heavy atom. The first kappa shape index (κ1) is 17.4. The van der Waals surface area contributed by atoms with Crippen LogP contribution in [0.25, 0.3) is 0 Å². The van der Waals surface area contributed by atoms with Crippen LogP contribution in [0.2, 0.25) is 0 Å². The first-order valence-corrected chi connectivity index (χ1v) is 8.82. The molecule has 2 fully saturated rings. The highest BCUT2D eigenvalue weighted by Gasteiger charge is 2.49. The highest BCUT2D eigenvalue weighted by molar-refractivity contribution is 5.86. The zero-order chi connectivity index (χ0) is 18.0. The molecular formula is C17H24N4O4. The van der Waals surface area contributed by atoms with E-state index in [-0.39, 0.29) is 18.4 Å². The van der Waals surface area contributed by atoms with Crippen LogP contribution in [-0.4, -0.2) is 57.3 Å². The number of aromatic amines is 1. The van der Waals surface area contributed by atoms with Crippen LogP contribution in [0.4, 0.5) is 0 Å². The van der Waals surface area contributed by atoms with Crippen molar-refractivity contribution >= 4 is 11.8 Å². The van der Waals surface area contributed by atoms with Crippen LogP contribution in [0.15, 0.2) is 21.9 Å². The molecule has 1 N–H and O–H groups in total. The molecule has 0 saturated carbocycles. The zero-order valence-corrected chi connectivity index (χ0v) is 14.5. The Labute approximate surface area is 145 Å². The van der Waals surface area contributed by atoms with Crippen molar-refractivity contribution in [3.05, 3.63) is 33.1 Å². The average molecular weight is 348 g/mol. The third-order valence-corrected chi connectivity index (χ3v) is 5.23. The van der Waals surface area contributed by atoms with Gasteiger partial charge in [0.1, 0.15) is 6.54 Å². The van der Waals surface area contributed by atoms with Gasteiger partial charge in [-0.1, -0.05) is 6.92 Å². The quantitative estimate of drug-likeness (QED) is 0.814. The van der Waals surface area contributed by atoms with Gasteiger partial charge >= 0.3 is 5.69 Å². The third kappa shape index (κ3) is 3.38. The number of nitrogens with zero attached hydrogens (tertiary/aromatic N) is 3. The van der Waals surface area contributed by atoms with Crippen LogP contribution in [0.1, 0.15) is 32.6 Å². The molecule has 1 spiro atoms. The van der Waals surface area contributed by atoms with E-state index >= 15 is 0 Å². The largest absolute Gasteiger partial charge is 0.342 e. The number of piperidine rings is 1. The monoisotopic (exact) mass is 348 g/mol. The second-order valence-corrected chi connectivity index (χ2v) is 6.98. The van der Waals surface area contributed by atoms with E-state index in [4.69, 9.17) is 0 Å². The highest BCUT2D eigenvalue weighted by Crippen LogP contribution is 2.40. The van der Waals surface area contributed by atoms with E-state index in [0.29, 0.717) is 19.5 Å². The number of carbonyl (C=O) groups is 2. The van der Waals surface area contributed by atoms with Crippen molar-refractivity contribution in [2.24, 2.45) is 5.41 Å². The molecule has 8 heteroatoms. The van der Waals surface area contributed by atoms with Gasteiger partial charge in [-0.05, 0) is 25.7 Å². The predicted octanol–water partition coefficient (Wildman–Crippen LogP) is -0.212. The molecular weight excluding hydrogens is 324 g/mol. The number of aromatic nitrogens is 2. The van der Waals surface area contributed by atoms with Gasteiger partial charge in [-0.2, -0.15) is 0 Å². The van der Waals surface area contributed by atoms with Gasteiger partial charge in [-0.3, -0.25) is 23.9 Å². The SMILES string of the molecule is CCCN1CCC[C@@]2(CCN(C(=O)Cn3ccc(=O)[nH]c3=O)C2)C1=O. The van der Waals surface area contributed by atoms with Crippen LogP contribution < -0.4 is 11.2 Å². The molecule has 0 unspecified atom stereocenters. The predicted molar refractivity (Wildman–Crippen MR) is 91.1 cm³/mol. The first-order valence-electron chi connectivity index (χ1n) is 8.82. The van der Waals surface area contributed by atoms with Gasteiger partial charge in [-0.25, -0.2) is 4.79 Å². The lowest BCUT2D eigenvalue weighted by Gasteiger charge is -2.39. The Morgan fingerprint density at radius 2 is 2.04 bits per heavy atom. The minimum absolute atomic E-state index is 0.126. The van der Waals surface area contributed by atoms with Crippen LogP contribution in [0.5, 0.6) is 0 Å². The lowest BCUT2D eigenvalue weighted by molar-refractivity contribution is -0.146. The standard InChI is InChI=1S/C17H24N4O4/c1-2-7-19-8-3-5-17(15(19)24)6-10-21(12-17)14(23)11-20-9-4-13(22)18-16(20)25/h4,9H,2-3,5-8,10-12H2,1H3,(H,18,22,25)/t17-/m0/s1. The molecule has 1 aromatic heterocycles. The maximum absolute atomic E-state index is 12.9. The van der Waals surface area contributed by atoms with Gasteiger partial charge in [0.2, 0.25) is 11.8 Å². The fraction of sp³-hybridized carbons (Fsp3) is 0.647. The number of hydrogen-bond donors (Lipinski definition) is 1. The lowest BCUT2D eigenvalue weighted by Crippen LogP contribution is -2.50. The number of carbonyl (C=O) groups excluding carboxylic acids is 2. The number of rotatable bonds is 4. The molecule has 2 amide bonds. The van der Waals surface area contributed by atoms with Gasteiger partial charge in [-0.15, -0.1) is 0 Å². The Hall–Kier alpha value is -2.38. The molecule has 136 valence electrons. The van der Waals surface area contributed by atoms with Gasteiger partial charge in [0, 0.05) is 38.4 Å². The van der Waals surface area contributed by atoms with Gasteiger partial charge in [0.15, 0.2) is 0 Å². The fourth-order valence-corrected chi connectivity index (χ4v) is 3.91. The number of nitrogens with one attached hydrogen (secondary N) is 1. The molecule has 2 saturated heterocycles. The fourth-order valence-electron chi connectivity index (χ4n) is 3.91. The number of hydrogen-bond acceptors (Lipinski definition) is 4. The summed E-state index contributed by atoms with van der Waals surface area (Å²) < 4.78 is 1.18. The Bertz CT molecular complexity index is 781. The third-order valence-electron chi connectivity index (χ3n) is 5.23. The summed E-state index contributed by atoms with van der Waals surface area (Å²) in [7, 11) is 0. The Kier molecular flexibility index (Phi) is 4.78. The average Bonchev–Trinajstić information content (AvgIpc) is 3.00. The summed E-state index contributed by atoms with van der Waals surface area (Å²) >= 11 is 0. The van der Waals surface area contributed by atoms with Crippen molar-refractivity contribution in [2.45, 2.75) is 39.2 Å². The second-order valence-electron chi connectivity index (χ2n) is 6.98. The van der Waals surface area contributed by atoms with Crippen molar-refractivity contribution in [3.63, 3.8) is 0 Å². The van der Waals surface area contributed by atoms with Crippen molar-refractivity contribution in [3.8, 4) is 0 Å². The van der Waals surface area contributed by atoms with Gasteiger partial charge < -0.3 is 9.80 Å². The van der Waals surface area contributed by atoms with Crippen molar-refractivity contribution < 1.29 is 9.59 Å². The summed E-state index contributed by atoms with van der Waals surface area (Å²) in [5, 5.41) is 0. The Morgan fingerprint density at radius 3 is 2.76 bits per heavy atom. The molecule has 0 aliphatic carbocycles. The van der Waals surface area contributed by atoms with Gasteiger partial charge in [0.05, 0.1) is 5.41 Å². The molecule has 3 rings (SSSR count).